The van der Waals surface area contributed by atoms with Gasteiger partial charge in [-0.1, -0.05) is 42.0 Å². The van der Waals surface area contributed by atoms with Gasteiger partial charge in [-0.25, -0.2) is 0 Å². The molecule has 4 aromatic rings. The van der Waals surface area contributed by atoms with Crippen LogP contribution in [-0.4, -0.2) is 0 Å². The van der Waals surface area contributed by atoms with E-state index in [1.807, 2.05) is 31.2 Å². The van der Waals surface area contributed by atoms with Crippen LogP contribution < -0.4 is 14.9 Å². The summed E-state index contributed by atoms with van der Waals surface area (Å²) in [5.74, 6) is -2.11. The topological polar surface area (TPSA) is 48.7 Å². The minimum Gasteiger partial charge on any atom is -0.489 e. The predicted molar refractivity (Wildman–Crippen MR) is 117 cm³/mol. The fourth-order valence-corrected chi connectivity index (χ4v) is 3.38. The third-order valence-corrected chi connectivity index (χ3v) is 5.31. The van der Waals surface area contributed by atoms with Crippen LogP contribution in [0.3, 0.4) is 0 Å². The van der Waals surface area contributed by atoms with E-state index >= 15 is 0 Å². The molecule has 0 unspecified atom stereocenters. The van der Waals surface area contributed by atoms with E-state index in [0.29, 0.717) is 4.47 Å². The maximum absolute atomic E-state index is 13.7. The molecule has 3 aromatic carbocycles. The second-order valence-electron chi connectivity index (χ2n) is 7.05. The van der Waals surface area contributed by atoms with Crippen LogP contribution in [0.2, 0.25) is 0 Å². The number of rotatable bonds is 5. The molecule has 0 aliphatic heterocycles. The summed E-state index contributed by atoms with van der Waals surface area (Å²) >= 11 is 3.20. The summed E-state index contributed by atoms with van der Waals surface area (Å²) in [5, 5.41) is -0.0530. The zero-order valence-electron chi connectivity index (χ0n) is 16.7. The van der Waals surface area contributed by atoms with Gasteiger partial charge in [0.2, 0.25) is 11.2 Å². The lowest BCUT2D eigenvalue weighted by Gasteiger charge is -2.14. The molecule has 8 heteroatoms. The Hall–Kier alpha value is -3.26. The van der Waals surface area contributed by atoms with E-state index in [1.165, 1.54) is 24.3 Å². The second-order valence-corrected chi connectivity index (χ2v) is 7.91. The average molecular weight is 505 g/mol. The van der Waals surface area contributed by atoms with Crippen LogP contribution in [-0.2, 0) is 12.8 Å². The smallest absolute Gasteiger partial charge is 0.453 e. The van der Waals surface area contributed by atoms with Crippen molar-refractivity contribution in [3.05, 3.63) is 98.3 Å². The Labute approximate surface area is 189 Å². The standard InChI is InChI=1S/C24H16BrF3O4/c1-14-6-8-15(9-7-14)13-30-16-10-11-17-20(12-16)32-23(24(26,27)28)22(21(17)29)31-19-5-3-2-4-18(19)25/h2-12H,13H2,1H3. The van der Waals surface area contributed by atoms with Gasteiger partial charge in [-0.15, -0.1) is 0 Å². The van der Waals surface area contributed by atoms with Gasteiger partial charge >= 0.3 is 6.18 Å². The first-order valence-corrected chi connectivity index (χ1v) is 10.3. The first kappa shape index (κ1) is 22.0. The van der Waals surface area contributed by atoms with Gasteiger partial charge < -0.3 is 13.9 Å². The molecule has 0 N–H and O–H groups in total. The summed E-state index contributed by atoms with van der Waals surface area (Å²) in [6.07, 6.45) is -4.94. The maximum atomic E-state index is 13.7. The van der Waals surface area contributed by atoms with Crippen molar-refractivity contribution in [3.63, 3.8) is 0 Å². The van der Waals surface area contributed by atoms with Gasteiger partial charge in [0.15, 0.2) is 0 Å². The van der Waals surface area contributed by atoms with E-state index in [4.69, 9.17) is 13.9 Å². The monoisotopic (exact) mass is 504 g/mol. The molecule has 32 heavy (non-hydrogen) atoms. The molecule has 0 radical (unpaired) electrons. The summed E-state index contributed by atoms with van der Waals surface area (Å²) in [5.41, 5.74) is 0.814. The molecule has 0 atom stereocenters. The van der Waals surface area contributed by atoms with Crippen molar-refractivity contribution in [2.24, 2.45) is 0 Å². The Morgan fingerprint density at radius 1 is 1.00 bits per heavy atom. The molecular weight excluding hydrogens is 489 g/mol. The van der Waals surface area contributed by atoms with Crippen LogP contribution in [0.5, 0.6) is 17.2 Å². The van der Waals surface area contributed by atoms with Crippen molar-refractivity contribution in [2.75, 3.05) is 0 Å². The molecular formula is C24H16BrF3O4. The van der Waals surface area contributed by atoms with E-state index in [1.54, 1.807) is 18.2 Å². The minimum absolute atomic E-state index is 0.0530. The maximum Gasteiger partial charge on any atom is 0.453 e. The van der Waals surface area contributed by atoms with Crippen molar-refractivity contribution >= 4 is 26.9 Å². The van der Waals surface area contributed by atoms with Gasteiger partial charge in [-0.05, 0) is 52.7 Å². The Morgan fingerprint density at radius 2 is 1.72 bits per heavy atom. The second kappa shape index (κ2) is 8.70. The van der Waals surface area contributed by atoms with Crippen LogP contribution in [0.15, 0.2) is 80.4 Å². The van der Waals surface area contributed by atoms with E-state index in [9.17, 15) is 18.0 Å². The summed E-state index contributed by atoms with van der Waals surface area (Å²) in [6.45, 7) is 2.17. The van der Waals surface area contributed by atoms with Gasteiger partial charge in [0.1, 0.15) is 23.7 Å². The van der Waals surface area contributed by atoms with Crippen LogP contribution >= 0.6 is 15.9 Å². The van der Waals surface area contributed by atoms with Crippen LogP contribution in [0.25, 0.3) is 11.0 Å². The van der Waals surface area contributed by atoms with E-state index in [-0.39, 0.29) is 29.1 Å². The molecule has 0 amide bonds. The summed E-state index contributed by atoms with van der Waals surface area (Å²) in [4.78, 5) is 12.9. The van der Waals surface area contributed by atoms with Crippen molar-refractivity contribution in [2.45, 2.75) is 19.7 Å². The quantitative estimate of drug-likeness (QED) is 0.287. The van der Waals surface area contributed by atoms with Crippen molar-refractivity contribution < 1.29 is 27.1 Å². The zero-order valence-corrected chi connectivity index (χ0v) is 18.3. The minimum atomic E-state index is -4.94. The Balaban J connectivity index is 1.73. The SMILES string of the molecule is Cc1ccc(COc2ccc3c(=O)c(Oc4ccccc4Br)c(C(F)(F)F)oc3c2)cc1. The van der Waals surface area contributed by atoms with Crippen LogP contribution in [0, 0.1) is 6.92 Å². The highest BCUT2D eigenvalue weighted by Crippen LogP contribution is 2.39. The molecule has 0 saturated carbocycles. The lowest BCUT2D eigenvalue weighted by Crippen LogP contribution is -2.15. The van der Waals surface area contributed by atoms with Gasteiger partial charge in [0.05, 0.1) is 9.86 Å². The molecule has 0 spiro atoms. The first-order chi connectivity index (χ1) is 15.2. The third kappa shape index (κ3) is 4.65. The molecule has 1 heterocycles. The number of benzene rings is 3. The van der Waals surface area contributed by atoms with Gasteiger partial charge in [0, 0.05) is 6.07 Å². The highest BCUT2D eigenvalue weighted by Gasteiger charge is 2.40. The number of ether oxygens (including phenoxy) is 2. The Bertz CT molecular complexity index is 1330. The zero-order chi connectivity index (χ0) is 22.9. The number of halogens is 4. The van der Waals surface area contributed by atoms with Crippen molar-refractivity contribution in [1.82, 2.24) is 0 Å². The summed E-state index contributed by atoms with van der Waals surface area (Å²) in [6, 6.07) is 18.0. The lowest BCUT2D eigenvalue weighted by molar-refractivity contribution is -0.154. The normalized spacial score (nSPS) is 11.5. The predicted octanol–water partition coefficient (Wildman–Crippen LogP) is 7.25. The van der Waals surface area contributed by atoms with Gasteiger partial charge in [0.25, 0.3) is 5.76 Å². The summed E-state index contributed by atoms with van der Waals surface area (Å²) < 4.78 is 57.6. The highest BCUT2D eigenvalue weighted by atomic mass is 79.9. The molecule has 0 aliphatic carbocycles. The van der Waals surface area contributed by atoms with E-state index in [2.05, 4.69) is 15.9 Å². The highest BCUT2D eigenvalue weighted by molar-refractivity contribution is 9.10. The van der Waals surface area contributed by atoms with Crippen LogP contribution in [0.1, 0.15) is 16.9 Å². The van der Waals surface area contributed by atoms with Gasteiger partial charge in [-0.2, -0.15) is 13.2 Å². The number of hydrogen-bond donors (Lipinski definition) is 0. The number of para-hydroxylation sites is 1. The molecule has 4 rings (SSSR count). The van der Waals surface area contributed by atoms with Crippen molar-refractivity contribution in [3.8, 4) is 17.2 Å². The number of aryl methyl sites for hydroxylation is 1. The number of fused-ring (bicyclic) bond motifs is 1. The Kier molecular flexibility index (Phi) is 5.97. The third-order valence-electron chi connectivity index (χ3n) is 4.65. The Morgan fingerprint density at radius 3 is 2.41 bits per heavy atom. The van der Waals surface area contributed by atoms with Crippen LogP contribution in [0.4, 0.5) is 13.2 Å². The molecule has 164 valence electrons. The van der Waals surface area contributed by atoms with E-state index < -0.39 is 23.1 Å². The molecule has 0 bridgehead atoms. The molecule has 4 nitrogen and oxygen atoms in total. The largest absolute Gasteiger partial charge is 0.489 e. The average Bonchev–Trinajstić information content (AvgIpc) is 2.75. The van der Waals surface area contributed by atoms with Crippen molar-refractivity contribution in [1.29, 1.82) is 0 Å². The number of hydrogen-bond acceptors (Lipinski definition) is 4. The molecule has 0 saturated heterocycles. The summed E-state index contributed by atoms with van der Waals surface area (Å²) in [7, 11) is 0. The molecule has 0 fully saturated rings. The lowest BCUT2D eigenvalue weighted by atomic mass is 10.1. The van der Waals surface area contributed by atoms with Gasteiger partial charge in [-0.3, -0.25) is 4.79 Å². The fourth-order valence-electron chi connectivity index (χ4n) is 3.01. The molecule has 0 aliphatic rings. The first-order valence-electron chi connectivity index (χ1n) is 9.51. The number of alkyl halides is 3. The van der Waals surface area contributed by atoms with E-state index in [0.717, 1.165) is 11.1 Å². The molecule has 1 aromatic heterocycles. The fraction of sp³-hybridized carbons (Fsp3) is 0.125.